The van der Waals surface area contributed by atoms with Crippen molar-refractivity contribution in [1.29, 1.82) is 0 Å². The second-order valence-electron chi connectivity index (χ2n) is 3.69. The van der Waals surface area contributed by atoms with Gasteiger partial charge in [-0.3, -0.25) is 4.79 Å². The number of hydrogen-bond acceptors (Lipinski definition) is 1. The van der Waals surface area contributed by atoms with E-state index in [9.17, 15) is 4.79 Å². The largest absolute Gasteiger partial charge is 0.338 e. The molecule has 0 unspecified atom stereocenters. The molecule has 1 aromatic carbocycles. The van der Waals surface area contributed by atoms with Gasteiger partial charge in [0.25, 0.3) is 0 Å². The van der Waals surface area contributed by atoms with Crippen molar-refractivity contribution in [2.45, 2.75) is 13.5 Å². The van der Waals surface area contributed by atoms with Gasteiger partial charge >= 0.3 is 0 Å². The highest BCUT2D eigenvalue weighted by Crippen LogP contribution is 2.19. The van der Waals surface area contributed by atoms with Crippen LogP contribution in [-0.4, -0.2) is 17.9 Å². The van der Waals surface area contributed by atoms with Crippen molar-refractivity contribution in [2.75, 3.05) is 7.05 Å². The molecule has 2 rings (SSSR count). The molecule has 0 spiro atoms. The van der Waals surface area contributed by atoms with Crippen molar-refractivity contribution < 1.29 is 4.79 Å². The number of amides is 1. The van der Waals surface area contributed by atoms with Gasteiger partial charge in [-0.15, -0.1) is 0 Å². The average molecular weight is 187 g/mol. The zero-order valence-corrected chi connectivity index (χ0v) is 8.45. The van der Waals surface area contributed by atoms with E-state index >= 15 is 0 Å². The summed E-state index contributed by atoms with van der Waals surface area (Å²) < 4.78 is 0. The van der Waals surface area contributed by atoms with Crippen LogP contribution in [0.15, 0.2) is 29.8 Å². The van der Waals surface area contributed by atoms with E-state index in [4.69, 9.17) is 0 Å². The number of benzene rings is 1. The minimum absolute atomic E-state index is 0.112. The van der Waals surface area contributed by atoms with Gasteiger partial charge in [0.1, 0.15) is 0 Å². The fourth-order valence-corrected chi connectivity index (χ4v) is 1.74. The van der Waals surface area contributed by atoms with Crippen molar-refractivity contribution >= 4 is 12.0 Å². The first-order chi connectivity index (χ1) is 6.68. The quantitative estimate of drug-likeness (QED) is 0.608. The maximum absolute atomic E-state index is 11.7. The Bertz CT molecular complexity index is 407. The molecule has 72 valence electrons. The van der Waals surface area contributed by atoms with Gasteiger partial charge in [0, 0.05) is 19.2 Å². The normalized spacial score (nSPS) is 16.0. The van der Waals surface area contributed by atoms with Crippen LogP contribution in [-0.2, 0) is 11.3 Å². The fraction of sp³-hybridized carbons (Fsp3) is 0.250. The summed E-state index contributed by atoms with van der Waals surface area (Å²) in [6.07, 6.45) is 1.96. The summed E-state index contributed by atoms with van der Waals surface area (Å²) in [5.74, 6) is 0.112. The minimum Gasteiger partial charge on any atom is -0.338 e. The molecule has 0 saturated heterocycles. The summed E-state index contributed by atoms with van der Waals surface area (Å²) in [4.78, 5) is 13.4. The molecule has 1 heterocycles. The summed E-state index contributed by atoms with van der Waals surface area (Å²) in [5.41, 5.74) is 3.17. The van der Waals surface area contributed by atoms with Gasteiger partial charge in [-0.25, -0.2) is 0 Å². The van der Waals surface area contributed by atoms with Crippen molar-refractivity contribution in [3.05, 3.63) is 41.0 Å². The molecule has 0 atom stereocenters. The van der Waals surface area contributed by atoms with Crippen LogP contribution in [0.2, 0.25) is 0 Å². The smallest absolute Gasteiger partial charge is 0.249 e. The van der Waals surface area contributed by atoms with E-state index in [1.165, 1.54) is 5.56 Å². The second-order valence-corrected chi connectivity index (χ2v) is 3.69. The van der Waals surface area contributed by atoms with E-state index in [1.54, 1.807) is 4.90 Å². The predicted molar refractivity (Wildman–Crippen MR) is 56.6 cm³/mol. The molecular formula is C12H13NO. The Morgan fingerprint density at radius 2 is 2.00 bits per heavy atom. The van der Waals surface area contributed by atoms with Crippen molar-refractivity contribution in [3.8, 4) is 0 Å². The molecule has 2 nitrogen and oxygen atoms in total. The van der Waals surface area contributed by atoms with E-state index in [2.05, 4.69) is 6.07 Å². The van der Waals surface area contributed by atoms with Gasteiger partial charge < -0.3 is 4.90 Å². The van der Waals surface area contributed by atoms with Gasteiger partial charge in [0.15, 0.2) is 0 Å². The summed E-state index contributed by atoms with van der Waals surface area (Å²) >= 11 is 0. The maximum atomic E-state index is 11.7. The van der Waals surface area contributed by atoms with Crippen LogP contribution in [0.1, 0.15) is 18.1 Å². The Hall–Kier alpha value is -1.57. The van der Waals surface area contributed by atoms with Crippen LogP contribution in [0, 0.1) is 0 Å². The first-order valence-electron chi connectivity index (χ1n) is 4.70. The van der Waals surface area contributed by atoms with E-state index in [1.807, 2.05) is 38.2 Å². The van der Waals surface area contributed by atoms with Crippen LogP contribution in [0.4, 0.5) is 0 Å². The lowest BCUT2D eigenvalue weighted by Gasteiger charge is -2.15. The first-order valence-corrected chi connectivity index (χ1v) is 4.70. The standard InChI is InChI=1S/C12H13NO/c1-9-7-10-5-3-4-6-11(10)8-13(2)12(9)14/h3-7H,8H2,1-2H3. The van der Waals surface area contributed by atoms with Crippen LogP contribution < -0.4 is 0 Å². The molecule has 0 saturated carbocycles. The summed E-state index contributed by atoms with van der Waals surface area (Å²) in [5, 5.41) is 0. The highest BCUT2D eigenvalue weighted by Gasteiger charge is 2.16. The zero-order chi connectivity index (χ0) is 10.1. The molecule has 0 radical (unpaired) electrons. The van der Waals surface area contributed by atoms with E-state index in [0.29, 0.717) is 6.54 Å². The van der Waals surface area contributed by atoms with Crippen LogP contribution in [0.25, 0.3) is 6.08 Å². The Morgan fingerprint density at radius 3 is 2.79 bits per heavy atom. The van der Waals surface area contributed by atoms with Gasteiger partial charge in [0.05, 0.1) is 0 Å². The van der Waals surface area contributed by atoms with Crippen LogP contribution in [0.3, 0.4) is 0 Å². The fourth-order valence-electron chi connectivity index (χ4n) is 1.74. The van der Waals surface area contributed by atoms with Gasteiger partial charge in [-0.2, -0.15) is 0 Å². The third-order valence-corrected chi connectivity index (χ3v) is 2.52. The van der Waals surface area contributed by atoms with Gasteiger partial charge in [0.2, 0.25) is 5.91 Å². The predicted octanol–water partition coefficient (Wildman–Crippen LogP) is 2.06. The summed E-state index contributed by atoms with van der Waals surface area (Å²) in [6, 6.07) is 8.11. The van der Waals surface area contributed by atoms with Crippen LogP contribution in [0.5, 0.6) is 0 Å². The Kier molecular flexibility index (Phi) is 2.12. The number of fused-ring (bicyclic) bond motifs is 1. The lowest BCUT2D eigenvalue weighted by Crippen LogP contribution is -2.25. The van der Waals surface area contributed by atoms with E-state index in [-0.39, 0.29) is 5.91 Å². The SMILES string of the molecule is CC1=Cc2ccccc2CN(C)C1=O. The van der Waals surface area contributed by atoms with Gasteiger partial charge in [-0.05, 0) is 24.1 Å². The second kappa shape index (κ2) is 3.29. The number of carbonyl (C=O) groups excluding carboxylic acids is 1. The molecule has 0 aliphatic carbocycles. The van der Waals surface area contributed by atoms with Gasteiger partial charge in [-0.1, -0.05) is 24.3 Å². The molecule has 0 aromatic heterocycles. The van der Waals surface area contributed by atoms with Crippen molar-refractivity contribution in [1.82, 2.24) is 4.90 Å². The zero-order valence-electron chi connectivity index (χ0n) is 8.45. The number of hydrogen-bond donors (Lipinski definition) is 0. The number of carbonyl (C=O) groups is 1. The summed E-state index contributed by atoms with van der Waals surface area (Å²) in [7, 11) is 1.84. The molecule has 2 heteroatoms. The molecule has 0 bridgehead atoms. The molecule has 0 N–H and O–H groups in total. The van der Waals surface area contributed by atoms with Crippen molar-refractivity contribution in [2.24, 2.45) is 0 Å². The monoisotopic (exact) mass is 187 g/mol. The molecule has 1 aromatic rings. The Balaban J connectivity index is 2.53. The third-order valence-electron chi connectivity index (χ3n) is 2.52. The maximum Gasteiger partial charge on any atom is 0.249 e. The average Bonchev–Trinajstić information content (AvgIpc) is 2.28. The van der Waals surface area contributed by atoms with Crippen molar-refractivity contribution in [3.63, 3.8) is 0 Å². The molecule has 0 fully saturated rings. The summed E-state index contributed by atoms with van der Waals surface area (Å²) in [6.45, 7) is 2.56. The first kappa shape index (κ1) is 9.00. The Labute approximate surface area is 83.8 Å². The number of rotatable bonds is 0. The topological polar surface area (TPSA) is 20.3 Å². The third kappa shape index (κ3) is 1.43. The highest BCUT2D eigenvalue weighted by molar-refractivity contribution is 5.98. The number of likely N-dealkylation sites (N-methyl/N-ethyl adjacent to an activating group) is 1. The molecular weight excluding hydrogens is 174 g/mol. The van der Waals surface area contributed by atoms with Crippen LogP contribution >= 0.6 is 0 Å². The lowest BCUT2D eigenvalue weighted by atomic mass is 10.1. The molecule has 1 amide bonds. The molecule has 1 aliphatic heterocycles. The van der Waals surface area contributed by atoms with E-state index in [0.717, 1.165) is 11.1 Å². The lowest BCUT2D eigenvalue weighted by molar-refractivity contribution is -0.126. The Morgan fingerprint density at radius 1 is 1.29 bits per heavy atom. The molecule has 14 heavy (non-hydrogen) atoms. The van der Waals surface area contributed by atoms with E-state index < -0.39 is 0 Å². The molecule has 1 aliphatic rings. The highest BCUT2D eigenvalue weighted by atomic mass is 16.2. The number of nitrogens with zero attached hydrogens (tertiary/aromatic N) is 1. The minimum atomic E-state index is 0.112.